The summed E-state index contributed by atoms with van der Waals surface area (Å²) in [6.07, 6.45) is 1.13. The Hall–Kier alpha value is -4.39. The number of nitro benzene ring substituents is 1. The van der Waals surface area contributed by atoms with Crippen LogP contribution in [0.1, 0.15) is 28.8 Å². The number of ether oxygens (including phenoxy) is 3. The molecule has 1 aromatic carbocycles. The van der Waals surface area contributed by atoms with Gasteiger partial charge < -0.3 is 23.9 Å². The van der Waals surface area contributed by atoms with Gasteiger partial charge in [-0.25, -0.2) is 14.4 Å². The van der Waals surface area contributed by atoms with Crippen LogP contribution in [0, 0.1) is 10.1 Å². The van der Waals surface area contributed by atoms with E-state index in [9.17, 15) is 29.3 Å². The van der Waals surface area contributed by atoms with Crippen LogP contribution in [-0.4, -0.2) is 54.0 Å². The number of nitrogens with one attached hydrogen (secondary N) is 1. The van der Waals surface area contributed by atoms with Gasteiger partial charge in [0.1, 0.15) is 11.5 Å². The average molecular weight is 508 g/mol. The number of carbonyl (C=O) groups excluding carboxylic acids is 4. The highest BCUT2D eigenvalue weighted by Crippen LogP contribution is 2.36. The van der Waals surface area contributed by atoms with Gasteiger partial charge in [-0.2, -0.15) is 0 Å². The normalized spacial score (nSPS) is 14.1. The second-order valence-electron chi connectivity index (χ2n) is 6.83. The number of esters is 2. The third kappa shape index (κ3) is 5.76. The maximum absolute atomic E-state index is 12.8. The van der Waals surface area contributed by atoms with E-state index in [0.29, 0.717) is 0 Å². The number of hydrogen-bond donors (Lipinski definition) is 1. The number of carbonyl (C=O) groups is 4. The average Bonchev–Trinajstić information content (AvgIpc) is 3.38. The summed E-state index contributed by atoms with van der Waals surface area (Å²) in [5, 5.41) is 13.8. The molecule has 3 rings (SSSR count). The van der Waals surface area contributed by atoms with E-state index in [1.165, 1.54) is 25.3 Å². The Balaban J connectivity index is 1.90. The molecule has 2 heterocycles. The first-order valence-electron chi connectivity index (χ1n) is 9.92. The maximum Gasteiger partial charge on any atom is 0.373 e. The molecule has 13 nitrogen and oxygen atoms in total. The molecule has 2 aromatic rings. The van der Waals surface area contributed by atoms with Gasteiger partial charge in [0, 0.05) is 16.7 Å². The zero-order valence-electron chi connectivity index (χ0n) is 18.4. The number of urea groups is 1. The summed E-state index contributed by atoms with van der Waals surface area (Å²) in [5.74, 6) is -2.62. The predicted molar refractivity (Wildman–Crippen MR) is 117 cm³/mol. The van der Waals surface area contributed by atoms with E-state index in [0.717, 1.165) is 17.0 Å². The van der Waals surface area contributed by atoms with Crippen LogP contribution in [0.5, 0.6) is 5.75 Å². The number of rotatable bonds is 9. The van der Waals surface area contributed by atoms with Gasteiger partial charge in [0.05, 0.1) is 25.2 Å². The van der Waals surface area contributed by atoms with Gasteiger partial charge in [0.25, 0.3) is 5.91 Å². The number of nitrogens with zero attached hydrogens (tertiary/aromatic N) is 2. The van der Waals surface area contributed by atoms with Gasteiger partial charge in [0.2, 0.25) is 11.5 Å². The fraction of sp³-hybridized carbons (Fsp3) is 0.238. The third-order valence-corrected chi connectivity index (χ3v) is 4.74. The van der Waals surface area contributed by atoms with Gasteiger partial charge in [-0.05, 0) is 31.2 Å². The smallest absolute Gasteiger partial charge is 0.373 e. The number of furan rings is 1. The van der Waals surface area contributed by atoms with E-state index in [1.807, 2.05) is 0 Å². The Morgan fingerprint density at radius 2 is 2.03 bits per heavy atom. The zero-order chi connectivity index (χ0) is 25.7. The van der Waals surface area contributed by atoms with Crippen molar-refractivity contribution >= 4 is 47.2 Å². The van der Waals surface area contributed by atoms with E-state index >= 15 is 0 Å². The number of halogens is 1. The lowest BCUT2D eigenvalue weighted by Gasteiger charge is -2.11. The first-order chi connectivity index (χ1) is 16.6. The first kappa shape index (κ1) is 25.2. The monoisotopic (exact) mass is 507 g/mol. The third-order valence-electron chi connectivity index (χ3n) is 4.52. The van der Waals surface area contributed by atoms with Crippen molar-refractivity contribution in [3.05, 3.63) is 62.2 Å². The lowest BCUT2D eigenvalue weighted by Crippen LogP contribution is -2.30. The maximum atomic E-state index is 12.8. The second-order valence-corrected chi connectivity index (χ2v) is 7.27. The van der Waals surface area contributed by atoms with E-state index in [1.54, 1.807) is 6.92 Å². The van der Waals surface area contributed by atoms with Crippen LogP contribution in [0.25, 0.3) is 6.08 Å². The molecule has 1 aliphatic heterocycles. The molecule has 1 saturated heterocycles. The Labute approximate surface area is 202 Å². The highest BCUT2D eigenvalue weighted by atomic mass is 35.5. The summed E-state index contributed by atoms with van der Waals surface area (Å²) in [4.78, 5) is 60.0. The zero-order valence-corrected chi connectivity index (χ0v) is 19.1. The van der Waals surface area contributed by atoms with Gasteiger partial charge in [-0.15, -0.1) is 0 Å². The second kappa shape index (κ2) is 10.7. The van der Waals surface area contributed by atoms with Crippen LogP contribution < -0.4 is 10.1 Å². The lowest BCUT2D eigenvalue weighted by atomic mass is 10.1. The van der Waals surface area contributed by atoms with Gasteiger partial charge in [-0.3, -0.25) is 19.8 Å². The number of imide groups is 1. The molecule has 0 aliphatic carbocycles. The number of amides is 3. The fourth-order valence-corrected chi connectivity index (χ4v) is 3.25. The fourth-order valence-electron chi connectivity index (χ4n) is 3.03. The molecule has 14 heteroatoms. The van der Waals surface area contributed by atoms with Crippen molar-refractivity contribution in [3.63, 3.8) is 0 Å². The Bertz CT molecular complexity index is 1240. The van der Waals surface area contributed by atoms with Crippen molar-refractivity contribution in [2.24, 2.45) is 0 Å². The lowest BCUT2D eigenvalue weighted by molar-refractivity contribution is -0.385. The van der Waals surface area contributed by atoms with Crippen molar-refractivity contribution in [2.45, 2.75) is 13.5 Å². The first-order valence-corrected chi connectivity index (χ1v) is 10.3. The summed E-state index contributed by atoms with van der Waals surface area (Å²) in [6, 6.07) is 4.20. The standard InChI is InChI=1S/C21H18ClN3O10/c1-3-33-17(26)10-34-18-11(6-12(22)8-15(18)25(30)31)7-14-19(27)24(21(29)23-14)9-13-4-5-16(35-13)20(28)32-2/h4-8H,3,9-10H2,1-2H3,(H,23,29)/b14-7-. The van der Waals surface area contributed by atoms with Crippen molar-refractivity contribution < 1.29 is 42.7 Å². The Morgan fingerprint density at radius 1 is 1.29 bits per heavy atom. The molecule has 0 radical (unpaired) electrons. The molecule has 0 bridgehead atoms. The number of hydrogen-bond acceptors (Lipinski definition) is 10. The highest BCUT2D eigenvalue weighted by Gasteiger charge is 2.35. The number of nitro groups is 1. The molecule has 1 aromatic heterocycles. The molecule has 3 amide bonds. The molecule has 0 unspecified atom stereocenters. The van der Waals surface area contributed by atoms with Crippen LogP contribution in [0.2, 0.25) is 5.02 Å². The summed E-state index contributed by atoms with van der Waals surface area (Å²) >= 11 is 5.99. The highest BCUT2D eigenvalue weighted by molar-refractivity contribution is 6.31. The Morgan fingerprint density at radius 3 is 2.69 bits per heavy atom. The van der Waals surface area contributed by atoms with Crippen molar-refractivity contribution in [1.82, 2.24) is 10.2 Å². The Kier molecular flexibility index (Phi) is 7.71. The van der Waals surface area contributed by atoms with Crippen molar-refractivity contribution in [2.75, 3.05) is 20.3 Å². The number of benzene rings is 1. The van der Waals surface area contributed by atoms with Crippen molar-refractivity contribution in [3.8, 4) is 5.75 Å². The molecule has 1 aliphatic rings. The summed E-state index contributed by atoms with van der Waals surface area (Å²) in [5.41, 5.74) is -0.842. The molecule has 0 saturated carbocycles. The quantitative estimate of drug-likeness (QED) is 0.175. The topological polar surface area (TPSA) is 168 Å². The summed E-state index contributed by atoms with van der Waals surface area (Å²) < 4.78 is 19.9. The van der Waals surface area contributed by atoms with E-state index in [4.69, 9.17) is 25.5 Å². The van der Waals surface area contributed by atoms with Gasteiger partial charge >= 0.3 is 23.7 Å². The molecule has 1 N–H and O–H groups in total. The van der Waals surface area contributed by atoms with Gasteiger partial charge in [-0.1, -0.05) is 11.6 Å². The molecule has 35 heavy (non-hydrogen) atoms. The minimum absolute atomic E-state index is 0.0371. The van der Waals surface area contributed by atoms with E-state index in [2.05, 4.69) is 10.1 Å². The van der Waals surface area contributed by atoms with Crippen LogP contribution >= 0.6 is 11.6 Å². The molecular formula is C21H18ClN3O10. The van der Waals surface area contributed by atoms with Crippen LogP contribution in [0.15, 0.2) is 34.4 Å². The molecule has 0 atom stereocenters. The minimum atomic E-state index is -0.803. The number of methoxy groups -OCH3 is 1. The SMILES string of the molecule is CCOC(=O)COc1c(/C=C2\NC(=O)N(Cc3ccc(C(=O)OC)o3)C2=O)cc(Cl)cc1[N+](=O)[O-]. The molecule has 1 fully saturated rings. The van der Waals surface area contributed by atoms with Crippen LogP contribution in [0.3, 0.4) is 0 Å². The molecule has 0 spiro atoms. The molecule has 184 valence electrons. The van der Waals surface area contributed by atoms with Crippen molar-refractivity contribution in [1.29, 1.82) is 0 Å². The summed E-state index contributed by atoms with van der Waals surface area (Å²) in [7, 11) is 1.17. The largest absolute Gasteiger partial charge is 0.474 e. The van der Waals surface area contributed by atoms with Gasteiger partial charge in [0.15, 0.2) is 6.61 Å². The van der Waals surface area contributed by atoms with Crippen LogP contribution in [0.4, 0.5) is 10.5 Å². The van der Waals surface area contributed by atoms with E-state index < -0.39 is 41.1 Å². The molecular weight excluding hydrogens is 490 g/mol. The van der Waals surface area contributed by atoms with Crippen LogP contribution in [-0.2, 0) is 25.6 Å². The summed E-state index contributed by atoms with van der Waals surface area (Å²) in [6.45, 7) is 0.716. The predicted octanol–water partition coefficient (Wildman–Crippen LogP) is 2.66. The minimum Gasteiger partial charge on any atom is -0.474 e. The van der Waals surface area contributed by atoms with E-state index in [-0.39, 0.29) is 46.7 Å².